The molecule has 0 bridgehead atoms. The van der Waals surface area contributed by atoms with Gasteiger partial charge in [0, 0.05) is 34.1 Å². The fourth-order valence-electron chi connectivity index (χ4n) is 6.85. The van der Waals surface area contributed by atoms with Crippen LogP contribution in [-0.2, 0) is 52.4 Å². The van der Waals surface area contributed by atoms with E-state index in [1.165, 1.54) is 13.0 Å². The zero-order chi connectivity index (χ0) is 49.8. The summed E-state index contributed by atoms with van der Waals surface area (Å²) in [6, 6.07) is 0. The van der Waals surface area contributed by atoms with E-state index in [1.807, 2.05) is 88.5 Å². The molecule has 6 atom stereocenters. The number of carbonyl (C=O) groups excluding carboxylic acids is 5. The second kappa shape index (κ2) is 27.1. The summed E-state index contributed by atoms with van der Waals surface area (Å²) in [4.78, 5) is 60.3. The zero-order valence-electron chi connectivity index (χ0n) is 41.3. The van der Waals surface area contributed by atoms with E-state index in [1.54, 1.807) is 19.9 Å². The number of ether oxygens (including phenoxy) is 6. The molecule has 0 aromatic rings. The lowest BCUT2D eigenvalue weighted by molar-refractivity contribution is -0.332. The Morgan fingerprint density at radius 1 is 0.667 bits per heavy atom. The van der Waals surface area contributed by atoms with Gasteiger partial charge in [-0.05, 0) is 78.4 Å². The minimum Gasteiger partial charge on any atom is -0.463 e. The van der Waals surface area contributed by atoms with Gasteiger partial charge in [-0.15, -0.1) is 0 Å². The van der Waals surface area contributed by atoms with Crippen LogP contribution in [0.25, 0.3) is 0 Å². The summed E-state index contributed by atoms with van der Waals surface area (Å²) in [6.07, 6.45) is 26.9. The Hall–Kier alpha value is -5.69. The van der Waals surface area contributed by atoms with E-state index >= 15 is 0 Å². The molecule has 0 aromatic heterocycles. The fourth-order valence-corrected chi connectivity index (χ4v) is 6.85. The Kier molecular flexibility index (Phi) is 23.1. The molecule has 2 rings (SSSR count). The molecule has 1 fully saturated rings. The molecule has 0 aromatic carbocycles. The minimum atomic E-state index is -1.45. The fraction of sp³-hybridized carbons (Fsp3) is 0.463. The van der Waals surface area contributed by atoms with Gasteiger partial charge in [0.1, 0.15) is 18.8 Å². The van der Waals surface area contributed by atoms with Gasteiger partial charge in [0.15, 0.2) is 30.4 Å². The third kappa shape index (κ3) is 20.2. The lowest BCUT2D eigenvalue weighted by Crippen LogP contribution is -2.64. The molecule has 0 spiro atoms. The van der Waals surface area contributed by atoms with Crippen molar-refractivity contribution < 1.29 is 57.5 Å². The standard InChI is InChI=1S/C54H72O12/c1-35(20-15-16-21-36(2)23-18-26-38(4)28-30-45-40(6)46(59)32-33-53(45,11)12)22-17-24-37(3)25-19-27-39(5)29-31-48(60)54(13,14)66-52-51(64-44(10)58)50(63-43(9)57)49(62-42(8)56)47(65-52)34-61-41(7)55/h15-31,47-52,60H,32-34H2,1-14H3/b16-15+,22-17+,23-18+,25-19+,30-28+,31-29+,35-20+,36-21+,37-24+,38-26+,39-27+/t47-,48+,49-,50+,51-,52+/m1/s1. The molecular formula is C54H72O12. The first-order valence-corrected chi connectivity index (χ1v) is 22.2. The number of carbonyl (C=O) groups is 5. The summed E-state index contributed by atoms with van der Waals surface area (Å²) in [6.45, 7) is 23.7. The summed E-state index contributed by atoms with van der Waals surface area (Å²) in [5, 5.41) is 11.2. The Labute approximate surface area is 392 Å². The highest BCUT2D eigenvalue weighted by molar-refractivity contribution is 5.97. The summed E-state index contributed by atoms with van der Waals surface area (Å²) in [5.41, 5.74) is 5.78. The summed E-state index contributed by atoms with van der Waals surface area (Å²) in [5.74, 6) is -2.68. The largest absolute Gasteiger partial charge is 0.463 e. The molecule has 1 aliphatic carbocycles. The van der Waals surface area contributed by atoms with Crippen molar-refractivity contribution in [3.63, 3.8) is 0 Å². The molecule has 1 saturated heterocycles. The van der Waals surface area contributed by atoms with Crippen LogP contribution in [0, 0.1) is 5.41 Å². The topological polar surface area (TPSA) is 161 Å². The van der Waals surface area contributed by atoms with E-state index in [4.69, 9.17) is 28.4 Å². The number of Topliss-reactive ketones (excluding diaryl/α,β-unsaturated/α-hetero) is 1. The third-order valence-electron chi connectivity index (χ3n) is 10.6. The van der Waals surface area contributed by atoms with E-state index in [2.05, 4.69) is 58.1 Å². The van der Waals surface area contributed by atoms with E-state index < -0.39 is 72.9 Å². The SMILES string of the molecule is CC(=O)OC[C@H]1O[C@@H](OC(C)(C)[C@@H](O)/C=C/C(C)=C/C=C/C(C)=C/C=C/C(C)=C/C=C/C=C(C)/C=C/C=C(C)/C=C/C2=C(C)C(=O)CCC2(C)C)[C@H](OC(C)=O)[C@@H](OC(C)=O)[C@@H]1OC(C)=O. The highest BCUT2D eigenvalue weighted by Gasteiger charge is 2.54. The monoisotopic (exact) mass is 913 g/mol. The maximum absolute atomic E-state index is 12.2. The molecule has 2 aliphatic rings. The van der Waals surface area contributed by atoms with Crippen LogP contribution in [0.5, 0.6) is 0 Å². The predicted molar refractivity (Wildman–Crippen MR) is 257 cm³/mol. The smallest absolute Gasteiger partial charge is 0.303 e. The number of allylic oxidation sites excluding steroid dienone is 23. The van der Waals surface area contributed by atoms with Gasteiger partial charge in [0.25, 0.3) is 0 Å². The Morgan fingerprint density at radius 3 is 1.59 bits per heavy atom. The van der Waals surface area contributed by atoms with Crippen molar-refractivity contribution in [3.8, 4) is 0 Å². The second-order valence-electron chi connectivity index (χ2n) is 17.8. The van der Waals surface area contributed by atoms with Crippen molar-refractivity contribution in [3.05, 3.63) is 142 Å². The van der Waals surface area contributed by atoms with Crippen molar-refractivity contribution in [1.29, 1.82) is 0 Å². The molecule has 1 N–H and O–H groups in total. The van der Waals surface area contributed by atoms with Gasteiger partial charge in [-0.1, -0.05) is 145 Å². The van der Waals surface area contributed by atoms with Crippen LogP contribution >= 0.6 is 0 Å². The molecular weight excluding hydrogens is 841 g/mol. The number of rotatable bonds is 20. The quantitative estimate of drug-likeness (QED) is 0.0701. The minimum absolute atomic E-state index is 0.00133. The number of aliphatic hydroxyl groups is 1. The predicted octanol–water partition coefficient (Wildman–Crippen LogP) is 10.00. The van der Waals surface area contributed by atoms with Crippen molar-refractivity contribution in [2.24, 2.45) is 5.41 Å². The summed E-state index contributed by atoms with van der Waals surface area (Å²) in [7, 11) is 0. The molecule has 0 unspecified atom stereocenters. The molecule has 66 heavy (non-hydrogen) atoms. The van der Waals surface area contributed by atoms with Crippen LogP contribution < -0.4 is 0 Å². The third-order valence-corrected chi connectivity index (χ3v) is 10.6. The van der Waals surface area contributed by atoms with Crippen molar-refractivity contribution in [2.45, 2.75) is 152 Å². The number of hydrogen-bond donors (Lipinski definition) is 1. The lowest BCUT2D eigenvalue weighted by atomic mass is 9.72. The molecule has 0 saturated carbocycles. The van der Waals surface area contributed by atoms with Crippen molar-refractivity contribution in [2.75, 3.05) is 6.61 Å². The maximum Gasteiger partial charge on any atom is 0.303 e. The van der Waals surface area contributed by atoms with E-state index in [-0.39, 0.29) is 11.2 Å². The van der Waals surface area contributed by atoms with Crippen LogP contribution in [0.1, 0.15) is 110 Å². The average molecular weight is 913 g/mol. The Bertz CT molecular complexity index is 2120. The van der Waals surface area contributed by atoms with Gasteiger partial charge in [-0.2, -0.15) is 0 Å². The number of esters is 4. The molecule has 0 amide bonds. The molecule has 12 nitrogen and oxygen atoms in total. The first-order chi connectivity index (χ1) is 30.8. The van der Waals surface area contributed by atoms with Gasteiger partial charge in [0.05, 0.1) is 5.60 Å². The average Bonchev–Trinajstić information content (AvgIpc) is 3.20. The molecule has 1 aliphatic heterocycles. The van der Waals surface area contributed by atoms with Crippen LogP contribution in [-0.4, -0.2) is 83.8 Å². The first kappa shape index (κ1) is 56.4. The van der Waals surface area contributed by atoms with Gasteiger partial charge in [0.2, 0.25) is 0 Å². The van der Waals surface area contributed by atoms with E-state index in [0.29, 0.717) is 6.42 Å². The molecule has 1 heterocycles. The Balaban J connectivity index is 2.04. The van der Waals surface area contributed by atoms with Crippen LogP contribution in [0.15, 0.2) is 142 Å². The second-order valence-corrected chi connectivity index (χ2v) is 17.8. The van der Waals surface area contributed by atoms with Gasteiger partial charge >= 0.3 is 23.9 Å². The Morgan fingerprint density at radius 2 is 1.11 bits per heavy atom. The highest BCUT2D eigenvalue weighted by Crippen LogP contribution is 2.39. The number of hydrogen-bond acceptors (Lipinski definition) is 12. The van der Waals surface area contributed by atoms with E-state index in [0.717, 1.165) is 66.2 Å². The van der Waals surface area contributed by atoms with Gasteiger partial charge in [-0.3, -0.25) is 24.0 Å². The van der Waals surface area contributed by atoms with Crippen molar-refractivity contribution >= 4 is 29.7 Å². The zero-order valence-corrected chi connectivity index (χ0v) is 41.3. The van der Waals surface area contributed by atoms with Crippen molar-refractivity contribution in [1.82, 2.24) is 0 Å². The van der Waals surface area contributed by atoms with Crippen LogP contribution in [0.2, 0.25) is 0 Å². The molecule has 12 heteroatoms. The highest BCUT2D eigenvalue weighted by atomic mass is 16.7. The number of aliphatic hydroxyl groups excluding tert-OH is 1. The van der Waals surface area contributed by atoms with Crippen LogP contribution in [0.4, 0.5) is 0 Å². The van der Waals surface area contributed by atoms with Crippen LogP contribution in [0.3, 0.4) is 0 Å². The number of ketones is 1. The molecule has 360 valence electrons. The first-order valence-electron chi connectivity index (χ1n) is 22.2. The summed E-state index contributed by atoms with van der Waals surface area (Å²) >= 11 is 0. The molecule has 0 radical (unpaired) electrons. The maximum atomic E-state index is 12.2. The normalized spacial score (nSPS) is 23.5. The van der Waals surface area contributed by atoms with Gasteiger partial charge in [-0.25, -0.2) is 0 Å². The van der Waals surface area contributed by atoms with E-state index in [9.17, 15) is 29.1 Å². The summed E-state index contributed by atoms with van der Waals surface area (Å²) < 4.78 is 33.7. The lowest BCUT2D eigenvalue weighted by Gasteiger charge is -2.46. The van der Waals surface area contributed by atoms with Gasteiger partial charge < -0.3 is 33.5 Å².